The molecule has 1 saturated carbocycles. The summed E-state index contributed by atoms with van der Waals surface area (Å²) in [5.41, 5.74) is 1.25. The summed E-state index contributed by atoms with van der Waals surface area (Å²) in [5, 5.41) is 11.3. The van der Waals surface area contributed by atoms with Gasteiger partial charge in [-0.25, -0.2) is 4.39 Å². The molecular weight excluding hydrogens is 472 g/mol. The van der Waals surface area contributed by atoms with Gasteiger partial charge in [0.25, 0.3) is 0 Å². The Labute approximate surface area is 210 Å². The van der Waals surface area contributed by atoms with E-state index in [0.717, 1.165) is 45.3 Å². The zero-order valence-corrected chi connectivity index (χ0v) is 20.6. The van der Waals surface area contributed by atoms with E-state index in [4.69, 9.17) is 4.74 Å². The Kier molecular flexibility index (Phi) is 9.12. The van der Waals surface area contributed by atoms with Gasteiger partial charge >= 0.3 is 6.18 Å². The SMILES string of the molecule is O[C@H](C1CCCCC1)[C@@H](CCN1CCN(c2ccccc2OCC(F)(F)F)CC1)c1ccccc1F. The van der Waals surface area contributed by atoms with Crippen LogP contribution in [0.4, 0.5) is 23.2 Å². The van der Waals surface area contributed by atoms with Crippen molar-refractivity contribution in [3.05, 3.63) is 59.9 Å². The second kappa shape index (κ2) is 12.3. The van der Waals surface area contributed by atoms with Gasteiger partial charge in [-0.05, 0) is 55.5 Å². The van der Waals surface area contributed by atoms with Crippen molar-refractivity contribution in [2.24, 2.45) is 5.92 Å². The van der Waals surface area contributed by atoms with Crippen molar-refractivity contribution in [1.29, 1.82) is 0 Å². The summed E-state index contributed by atoms with van der Waals surface area (Å²) >= 11 is 0. The van der Waals surface area contributed by atoms with Crippen LogP contribution in [0, 0.1) is 11.7 Å². The Morgan fingerprint density at radius 2 is 1.58 bits per heavy atom. The number of piperazine rings is 1. The summed E-state index contributed by atoms with van der Waals surface area (Å²) in [6, 6.07) is 13.6. The highest BCUT2D eigenvalue weighted by Crippen LogP contribution is 2.37. The maximum Gasteiger partial charge on any atom is 0.422 e. The maximum atomic E-state index is 14.7. The lowest BCUT2D eigenvalue weighted by atomic mass is 9.77. The van der Waals surface area contributed by atoms with Gasteiger partial charge < -0.3 is 14.7 Å². The number of ether oxygens (including phenoxy) is 1. The first-order chi connectivity index (χ1) is 17.3. The minimum Gasteiger partial charge on any atom is -0.482 e. The highest BCUT2D eigenvalue weighted by molar-refractivity contribution is 5.58. The van der Waals surface area contributed by atoms with Gasteiger partial charge in [-0.2, -0.15) is 13.2 Å². The normalized spacial score (nSPS) is 19.8. The lowest BCUT2D eigenvalue weighted by Gasteiger charge is -2.38. The number of aliphatic hydroxyl groups excluding tert-OH is 1. The van der Waals surface area contributed by atoms with E-state index >= 15 is 0 Å². The number of rotatable bonds is 9. The molecule has 2 atom stereocenters. The Bertz CT molecular complexity index is 957. The number of hydrogen-bond acceptors (Lipinski definition) is 4. The van der Waals surface area contributed by atoms with E-state index in [2.05, 4.69) is 4.90 Å². The third kappa shape index (κ3) is 7.13. The quantitative estimate of drug-likeness (QED) is 0.421. The monoisotopic (exact) mass is 508 g/mol. The fourth-order valence-electron chi connectivity index (χ4n) is 5.62. The molecule has 0 unspecified atom stereocenters. The van der Waals surface area contributed by atoms with Crippen LogP contribution in [0.5, 0.6) is 5.75 Å². The molecule has 1 saturated heterocycles. The van der Waals surface area contributed by atoms with Crippen LogP contribution in [0.3, 0.4) is 0 Å². The fraction of sp³-hybridized carbons (Fsp3) is 0.571. The number of halogens is 4. The second-order valence-electron chi connectivity index (χ2n) is 10.0. The molecule has 4 rings (SSSR count). The number of para-hydroxylation sites is 2. The molecule has 0 spiro atoms. The fourth-order valence-corrected chi connectivity index (χ4v) is 5.62. The summed E-state index contributed by atoms with van der Waals surface area (Å²) < 4.78 is 57.8. The van der Waals surface area contributed by atoms with Crippen molar-refractivity contribution in [2.75, 3.05) is 44.2 Å². The van der Waals surface area contributed by atoms with Crippen LogP contribution in [0.15, 0.2) is 48.5 Å². The van der Waals surface area contributed by atoms with Gasteiger partial charge in [0.15, 0.2) is 6.61 Å². The first-order valence-electron chi connectivity index (χ1n) is 13.0. The Morgan fingerprint density at radius 3 is 2.28 bits per heavy atom. The first-order valence-corrected chi connectivity index (χ1v) is 13.0. The van der Waals surface area contributed by atoms with E-state index in [9.17, 15) is 22.7 Å². The molecule has 1 aliphatic carbocycles. The number of aliphatic hydroxyl groups is 1. The molecule has 2 aromatic rings. The number of anilines is 1. The van der Waals surface area contributed by atoms with Crippen molar-refractivity contribution in [2.45, 2.75) is 56.7 Å². The van der Waals surface area contributed by atoms with Crippen LogP contribution in [0.1, 0.15) is 50.0 Å². The summed E-state index contributed by atoms with van der Waals surface area (Å²) in [7, 11) is 0. The number of benzene rings is 2. The van der Waals surface area contributed by atoms with E-state index < -0.39 is 18.9 Å². The van der Waals surface area contributed by atoms with Gasteiger partial charge in [0.2, 0.25) is 0 Å². The second-order valence-corrected chi connectivity index (χ2v) is 10.0. The zero-order chi connectivity index (χ0) is 25.5. The topological polar surface area (TPSA) is 35.9 Å². The van der Waals surface area contributed by atoms with Crippen molar-refractivity contribution in [3.8, 4) is 5.75 Å². The molecule has 2 fully saturated rings. The third-order valence-corrected chi connectivity index (χ3v) is 7.58. The number of alkyl halides is 3. The molecule has 0 radical (unpaired) electrons. The number of nitrogens with zero attached hydrogens (tertiary/aromatic N) is 2. The van der Waals surface area contributed by atoms with E-state index in [1.165, 1.54) is 12.5 Å². The Balaban J connectivity index is 1.36. The minimum atomic E-state index is -4.39. The molecule has 36 heavy (non-hydrogen) atoms. The summed E-state index contributed by atoms with van der Waals surface area (Å²) in [5.74, 6) is -0.0895. The lowest BCUT2D eigenvalue weighted by molar-refractivity contribution is -0.153. The van der Waals surface area contributed by atoms with E-state index in [0.29, 0.717) is 30.8 Å². The first kappa shape index (κ1) is 26.7. The van der Waals surface area contributed by atoms with Crippen LogP contribution >= 0.6 is 0 Å². The zero-order valence-electron chi connectivity index (χ0n) is 20.6. The molecule has 1 heterocycles. The van der Waals surface area contributed by atoms with Crippen molar-refractivity contribution in [1.82, 2.24) is 4.90 Å². The number of hydrogen-bond donors (Lipinski definition) is 1. The molecule has 0 amide bonds. The molecule has 2 aliphatic rings. The molecule has 1 aliphatic heterocycles. The van der Waals surface area contributed by atoms with Crippen LogP contribution in [0.2, 0.25) is 0 Å². The van der Waals surface area contributed by atoms with E-state index in [1.54, 1.807) is 36.4 Å². The predicted molar refractivity (Wildman–Crippen MR) is 133 cm³/mol. The van der Waals surface area contributed by atoms with Crippen LogP contribution in [-0.2, 0) is 0 Å². The lowest BCUT2D eigenvalue weighted by Crippen LogP contribution is -2.47. The molecule has 198 valence electrons. The highest BCUT2D eigenvalue weighted by Gasteiger charge is 2.32. The van der Waals surface area contributed by atoms with Crippen molar-refractivity contribution in [3.63, 3.8) is 0 Å². The van der Waals surface area contributed by atoms with Crippen molar-refractivity contribution < 1.29 is 27.4 Å². The summed E-state index contributed by atoms with van der Waals surface area (Å²) in [6.45, 7) is 2.19. The molecule has 1 N–H and O–H groups in total. The van der Waals surface area contributed by atoms with Crippen LogP contribution in [0.25, 0.3) is 0 Å². The Hall–Kier alpha value is -2.32. The van der Waals surface area contributed by atoms with Gasteiger partial charge in [0, 0.05) is 32.1 Å². The molecule has 0 aromatic heterocycles. The molecule has 8 heteroatoms. The standard InChI is InChI=1S/C28H36F4N2O2/c29-24-11-5-4-10-22(24)23(27(35)21-8-2-1-3-9-21)14-15-33-16-18-34(19-17-33)25-12-6-7-13-26(25)36-20-28(30,31)32/h4-7,10-13,21,23,27,35H,1-3,8-9,14-20H2/t23-,27+/m0/s1. The third-order valence-electron chi connectivity index (χ3n) is 7.58. The minimum absolute atomic E-state index is 0.202. The van der Waals surface area contributed by atoms with Crippen LogP contribution in [-0.4, -0.2) is 61.6 Å². The van der Waals surface area contributed by atoms with Crippen LogP contribution < -0.4 is 9.64 Å². The average molecular weight is 509 g/mol. The van der Waals surface area contributed by atoms with Gasteiger partial charge in [-0.3, -0.25) is 4.90 Å². The molecule has 4 nitrogen and oxygen atoms in total. The van der Waals surface area contributed by atoms with Crippen molar-refractivity contribution >= 4 is 5.69 Å². The molecular formula is C28H36F4N2O2. The van der Waals surface area contributed by atoms with Gasteiger partial charge in [0.1, 0.15) is 11.6 Å². The van der Waals surface area contributed by atoms with Gasteiger partial charge in [-0.1, -0.05) is 49.6 Å². The average Bonchev–Trinajstić information content (AvgIpc) is 2.89. The maximum absolute atomic E-state index is 14.7. The van der Waals surface area contributed by atoms with E-state index in [1.807, 2.05) is 11.0 Å². The Morgan fingerprint density at radius 1 is 0.917 bits per heavy atom. The van der Waals surface area contributed by atoms with Gasteiger partial charge in [0.05, 0.1) is 11.8 Å². The summed E-state index contributed by atoms with van der Waals surface area (Å²) in [6.07, 6.45) is 1.10. The van der Waals surface area contributed by atoms with Gasteiger partial charge in [-0.15, -0.1) is 0 Å². The molecule has 0 bridgehead atoms. The predicted octanol–water partition coefficient (Wildman–Crippen LogP) is 6.00. The largest absolute Gasteiger partial charge is 0.482 e. The summed E-state index contributed by atoms with van der Waals surface area (Å²) in [4.78, 5) is 4.34. The highest BCUT2D eigenvalue weighted by atomic mass is 19.4. The smallest absolute Gasteiger partial charge is 0.422 e. The van der Waals surface area contributed by atoms with E-state index in [-0.39, 0.29) is 23.4 Å². The molecule has 2 aromatic carbocycles.